The van der Waals surface area contributed by atoms with Crippen LogP contribution in [0.25, 0.3) is 23.4 Å². The Balaban J connectivity index is 1.72. The van der Waals surface area contributed by atoms with E-state index < -0.39 is 17.6 Å². The monoisotopic (exact) mass is 505 g/mol. The molecule has 4 rings (SSSR count). The standard InChI is InChI=1S/C25H17Cl2F4N3/c26-18-6-9-20(21(27)12-18)23-14-34(13-15-1-7-19(32)8-2-15)24(33-23)10-4-16-3-5-17(11-22(16)28)25(29,30)31/h1-12,14H,13,32H2. The zero-order chi connectivity index (χ0) is 24.5. The van der Waals surface area contributed by atoms with Crippen LogP contribution in [0.5, 0.6) is 0 Å². The lowest BCUT2D eigenvalue weighted by Crippen LogP contribution is -2.05. The number of halogens is 6. The minimum atomic E-state index is -4.62. The molecule has 9 heteroatoms. The molecule has 0 atom stereocenters. The molecule has 0 saturated heterocycles. The Hall–Kier alpha value is -3.29. The number of nitrogens with zero attached hydrogens (tertiary/aromatic N) is 2. The molecule has 0 fully saturated rings. The van der Waals surface area contributed by atoms with Gasteiger partial charge in [-0.2, -0.15) is 13.2 Å². The van der Waals surface area contributed by atoms with Crippen LogP contribution in [0, 0.1) is 5.82 Å². The number of anilines is 1. The molecule has 0 bridgehead atoms. The minimum absolute atomic E-state index is 0.00103. The number of nitrogen functional groups attached to an aromatic ring is 1. The highest BCUT2D eigenvalue weighted by atomic mass is 35.5. The van der Waals surface area contributed by atoms with Crippen LogP contribution in [0.2, 0.25) is 10.0 Å². The van der Waals surface area contributed by atoms with Crippen LogP contribution in [0.4, 0.5) is 23.2 Å². The van der Waals surface area contributed by atoms with E-state index in [0.29, 0.717) is 45.4 Å². The van der Waals surface area contributed by atoms with E-state index in [9.17, 15) is 17.6 Å². The summed E-state index contributed by atoms with van der Waals surface area (Å²) in [5, 5.41) is 0.891. The lowest BCUT2D eigenvalue weighted by atomic mass is 10.1. The number of rotatable bonds is 5. The highest BCUT2D eigenvalue weighted by Crippen LogP contribution is 2.32. The molecule has 0 saturated carbocycles. The smallest absolute Gasteiger partial charge is 0.399 e. The Morgan fingerprint density at radius 1 is 0.941 bits per heavy atom. The zero-order valence-electron chi connectivity index (χ0n) is 17.5. The maximum absolute atomic E-state index is 14.3. The number of aromatic nitrogens is 2. The fourth-order valence-corrected chi connectivity index (χ4v) is 3.84. The van der Waals surface area contributed by atoms with Gasteiger partial charge in [0.05, 0.1) is 16.3 Å². The van der Waals surface area contributed by atoms with E-state index in [0.717, 1.165) is 17.7 Å². The zero-order valence-corrected chi connectivity index (χ0v) is 19.0. The molecule has 0 radical (unpaired) electrons. The number of hydrogen-bond donors (Lipinski definition) is 1. The van der Waals surface area contributed by atoms with Crippen LogP contribution in [0.3, 0.4) is 0 Å². The molecule has 2 N–H and O–H groups in total. The third-order valence-corrected chi connectivity index (χ3v) is 5.63. The van der Waals surface area contributed by atoms with E-state index in [1.807, 2.05) is 16.7 Å². The van der Waals surface area contributed by atoms with Gasteiger partial charge in [0.15, 0.2) is 0 Å². The number of alkyl halides is 3. The van der Waals surface area contributed by atoms with Gasteiger partial charge < -0.3 is 10.3 Å². The van der Waals surface area contributed by atoms with Crippen molar-refractivity contribution in [3.63, 3.8) is 0 Å². The summed E-state index contributed by atoms with van der Waals surface area (Å²) in [5.74, 6) is -0.527. The number of benzene rings is 3. The maximum atomic E-state index is 14.3. The summed E-state index contributed by atoms with van der Waals surface area (Å²) >= 11 is 12.3. The van der Waals surface area contributed by atoms with Gasteiger partial charge in [-0.25, -0.2) is 9.37 Å². The Morgan fingerprint density at radius 2 is 1.68 bits per heavy atom. The van der Waals surface area contributed by atoms with Crippen molar-refractivity contribution in [1.82, 2.24) is 9.55 Å². The summed E-state index contributed by atoms with van der Waals surface area (Å²) in [6.07, 6.45) is 0.0836. The van der Waals surface area contributed by atoms with Crippen molar-refractivity contribution in [2.45, 2.75) is 12.7 Å². The largest absolute Gasteiger partial charge is 0.416 e. The molecule has 1 heterocycles. The number of nitrogens with two attached hydrogens (primary N) is 1. The first kappa shape index (κ1) is 23.9. The van der Waals surface area contributed by atoms with Gasteiger partial charge in [-0.05, 0) is 60.2 Å². The lowest BCUT2D eigenvalue weighted by Gasteiger charge is -2.08. The van der Waals surface area contributed by atoms with Gasteiger partial charge in [0, 0.05) is 34.6 Å². The van der Waals surface area contributed by atoms with Crippen molar-refractivity contribution in [2.75, 3.05) is 5.73 Å². The highest BCUT2D eigenvalue weighted by Gasteiger charge is 2.31. The molecule has 3 aromatic carbocycles. The minimum Gasteiger partial charge on any atom is -0.399 e. The van der Waals surface area contributed by atoms with Gasteiger partial charge in [0.2, 0.25) is 0 Å². The van der Waals surface area contributed by atoms with E-state index in [1.165, 1.54) is 12.2 Å². The van der Waals surface area contributed by atoms with Crippen LogP contribution < -0.4 is 5.73 Å². The van der Waals surface area contributed by atoms with Crippen LogP contribution in [0.15, 0.2) is 66.9 Å². The fraction of sp³-hybridized carbons (Fsp3) is 0.0800. The molecule has 0 spiro atoms. The predicted molar refractivity (Wildman–Crippen MR) is 128 cm³/mol. The van der Waals surface area contributed by atoms with Gasteiger partial charge in [0.25, 0.3) is 0 Å². The topological polar surface area (TPSA) is 43.8 Å². The van der Waals surface area contributed by atoms with Crippen molar-refractivity contribution in [3.8, 4) is 11.3 Å². The summed E-state index contributed by atoms with van der Waals surface area (Å²) in [5.41, 5.74) is 7.49. The number of imidazole rings is 1. The molecule has 34 heavy (non-hydrogen) atoms. The molecule has 3 nitrogen and oxygen atoms in total. The average Bonchev–Trinajstić information content (AvgIpc) is 3.16. The third kappa shape index (κ3) is 5.43. The van der Waals surface area contributed by atoms with E-state index in [2.05, 4.69) is 4.98 Å². The van der Waals surface area contributed by atoms with Gasteiger partial charge in [0.1, 0.15) is 11.6 Å². The Bertz CT molecular complexity index is 1360. The van der Waals surface area contributed by atoms with Crippen molar-refractivity contribution in [3.05, 3.63) is 105 Å². The van der Waals surface area contributed by atoms with Gasteiger partial charge in [-0.15, -0.1) is 0 Å². The Morgan fingerprint density at radius 3 is 2.32 bits per heavy atom. The van der Waals surface area contributed by atoms with Crippen LogP contribution in [-0.2, 0) is 12.7 Å². The lowest BCUT2D eigenvalue weighted by molar-refractivity contribution is -0.137. The SMILES string of the molecule is Nc1ccc(Cn2cc(-c3ccc(Cl)cc3Cl)nc2C=Cc2ccc(C(F)(F)F)cc2F)cc1. The van der Waals surface area contributed by atoms with E-state index in [-0.39, 0.29) is 5.56 Å². The van der Waals surface area contributed by atoms with Crippen molar-refractivity contribution in [2.24, 2.45) is 0 Å². The van der Waals surface area contributed by atoms with Crippen molar-refractivity contribution >= 4 is 41.0 Å². The second kappa shape index (κ2) is 9.52. The molecule has 1 aromatic heterocycles. The highest BCUT2D eigenvalue weighted by molar-refractivity contribution is 6.36. The van der Waals surface area contributed by atoms with E-state index >= 15 is 0 Å². The van der Waals surface area contributed by atoms with Crippen molar-refractivity contribution < 1.29 is 17.6 Å². The quantitative estimate of drug-likeness (QED) is 0.222. The van der Waals surface area contributed by atoms with Gasteiger partial charge in [-0.1, -0.05) is 41.4 Å². The molecule has 0 aliphatic rings. The maximum Gasteiger partial charge on any atom is 0.416 e. The predicted octanol–water partition coefficient (Wildman–Crippen LogP) is 7.82. The molecule has 174 valence electrons. The molecule has 0 aliphatic carbocycles. The third-order valence-electron chi connectivity index (χ3n) is 5.09. The van der Waals surface area contributed by atoms with Crippen LogP contribution >= 0.6 is 23.2 Å². The molecule has 0 amide bonds. The average molecular weight is 506 g/mol. The first-order valence-electron chi connectivity index (χ1n) is 10.0. The molecule has 0 aliphatic heterocycles. The first-order valence-corrected chi connectivity index (χ1v) is 10.8. The second-order valence-electron chi connectivity index (χ2n) is 7.55. The second-order valence-corrected chi connectivity index (χ2v) is 8.39. The Labute approximate surface area is 203 Å². The van der Waals surface area contributed by atoms with Crippen LogP contribution in [0.1, 0.15) is 22.5 Å². The molecular formula is C25H17Cl2F4N3. The summed E-state index contributed by atoms with van der Waals surface area (Å²) < 4.78 is 54.6. The van der Waals surface area contributed by atoms with E-state index in [1.54, 1.807) is 36.5 Å². The summed E-state index contributed by atoms with van der Waals surface area (Å²) in [6.45, 7) is 0.424. The summed E-state index contributed by atoms with van der Waals surface area (Å²) in [4.78, 5) is 4.61. The summed E-state index contributed by atoms with van der Waals surface area (Å²) in [6, 6.07) is 14.7. The number of hydrogen-bond acceptors (Lipinski definition) is 2. The summed E-state index contributed by atoms with van der Waals surface area (Å²) in [7, 11) is 0. The molecular weight excluding hydrogens is 489 g/mol. The molecule has 4 aromatic rings. The Kier molecular flexibility index (Phi) is 6.68. The van der Waals surface area contributed by atoms with Gasteiger partial charge in [-0.3, -0.25) is 0 Å². The molecule has 0 unspecified atom stereocenters. The van der Waals surface area contributed by atoms with Gasteiger partial charge >= 0.3 is 6.18 Å². The first-order chi connectivity index (χ1) is 16.1. The van der Waals surface area contributed by atoms with E-state index in [4.69, 9.17) is 28.9 Å². The fourth-order valence-electron chi connectivity index (χ4n) is 3.34. The van der Waals surface area contributed by atoms with Crippen molar-refractivity contribution in [1.29, 1.82) is 0 Å². The normalized spacial score (nSPS) is 11.9. The van der Waals surface area contributed by atoms with Crippen LogP contribution in [-0.4, -0.2) is 9.55 Å².